The maximum absolute atomic E-state index is 13.6. The fraction of sp³-hybridized carbons (Fsp3) is 0.655. The van der Waals surface area contributed by atoms with Crippen LogP contribution in [0.25, 0.3) is 0 Å². The van der Waals surface area contributed by atoms with Gasteiger partial charge in [0.1, 0.15) is 24.3 Å². The SMILES string of the molecule is C=C(C)C=CC(=CC)CC(NC(=O)C(C)NC(=O)COCC)C(=O)NC(CC1CCCC1)C(=O)C1(C)CO1. The first-order chi connectivity index (χ1) is 18.0. The number of epoxide rings is 1. The number of ether oxygens (including phenoxy) is 2. The highest BCUT2D eigenvalue weighted by Gasteiger charge is 2.50. The molecule has 2 rings (SSSR count). The van der Waals surface area contributed by atoms with E-state index in [1.807, 2.05) is 32.1 Å². The first-order valence-corrected chi connectivity index (χ1v) is 13.6. The standard InChI is InChI=1S/C29H45N3O6/c1-7-21(14-13-19(3)4)15-24(32-27(35)20(5)30-25(33)17-37-8-2)28(36)31-23(16-22-11-9-10-12-22)26(34)29(6)18-38-29/h7,13-14,20,22-24H,3,8-12,15-18H2,1-2,4-6H3,(H,30,33)(H,31,36)(H,32,35). The van der Waals surface area contributed by atoms with Gasteiger partial charge in [0.2, 0.25) is 17.7 Å². The van der Waals surface area contributed by atoms with Gasteiger partial charge >= 0.3 is 0 Å². The molecule has 1 aliphatic carbocycles. The Morgan fingerprint density at radius 2 is 1.71 bits per heavy atom. The van der Waals surface area contributed by atoms with Crippen LogP contribution in [0.1, 0.15) is 73.1 Å². The van der Waals surface area contributed by atoms with Crippen molar-refractivity contribution in [2.24, 2.45) is 5.92 Å². The van der Waals surface area contributed by atoms with Gasteiger partial charge in [-0.05, 0) is 52.5 Å². The fourth-order valence-corrected chi connectivity index (χ4v) is 4.52. The smallest absolute Gasteiger partial charge is 0.246 e. The topological polar surface area (TPSA) is 126 Å². The molecule has 4 unspecified atom stereocenters. The Morgan fingerprint density at radius 3 is 2.26 bits per heavy atom. The van der Waals surface area contributed by atoms with Crippen molar-refractivity contribution in [1.82, 2.24) is 16.0 Å². The largest absolute Gasteiger partial charge is 0.372 e. The number of rotatable bonds is 16. The van der Waals surface area contributed by atoms with E-state index in [4.69, 9.17) is 9.47 Å². The van der Waals surface area contributed by atoms with Crippen LogP contribution in [0.3, 0.4) is 0 Å². The lowest BCUT2D eigenvalue weighted by atomic mass is 9.90. The van der Waals surface area contributed by atoms with Gasteiger partial charge in [-0.25, -0.2) is 0 Å². The van der Waals surface area contributed by atoms with Gasteiger partial charge < -0.3 is 25.4 Å². The van der Waals surface area contributed by atoms with Crippen LogP contribution in [0.5, 0.6) is 0 Å². The molecule has 1 saturated heterocycles. The number of hydrogen-bond acceptors (Lipinski definition) is 6. The number of allylic oxidation sites excluding steroid dienone is 4. The molecule has 1 saturated carbocycles. The van der Waals surface area contributed by atoms with Crippen LogP contribution in [0.2, 0.25) is 0 Å². The van der Waals surface area contributed by atoms with E-state index >= 15 is 0 Å². The van der Waals surface area contributed by atoms with Gasteiger partial charge in [-0.3, -0.25) is 19.2 Å². The third-order valence-electron chi connectivity index (χ3n) is 7.01. The van der Waals surface area contributed by atoms with Crippen LogP contribution in [0.4, 0.5) is 0 Å². The van der Waals surface area contributed by atoms with Crippen molar-refractivity contribution in [3.8, 4) is 0 Å². The van der Waals surface area contributed by atoms with E-state index in [1.165, 1.54) is 0 Å². The van der Waals surface area contributed by atoms with Crippen LogP contribution < -0.4 is 16.0 Å². The highest BCUT2D eigenvalue weighted by Crippen LogP contribution is 2.33. The van der Waals surface area contributed by atoms with Crippen LogP contribution in [0, 0.1) is 5.92 Å². The summed E-state index contributed by atoms with van der Waals surface area (Å²) < 4.78 is 10.5. The number of ketones is 1. The van der Waals surface area contributed by atoms with E-state index in [0.717, 1.165) is 36.8 Å². The second-order valence-corrected chi connectivity index (χ2v) is 10.6. The summed E-state index contributed by atoms with van der Waals surface area (Å²) in [4.78, 5) is 51.9. The second-order valence-electron chi connectivity index (χ2n) is 10.6. The van der Waals surface area contributed by atoms with Gasteiger partial charge in [0, 0.05) is 13.0 Å². The molecule has 1 heterocycles. The molecule has 9 nitrogen and oxygen atoms in total. The van der Waals surface area contributed by atoms with Gasteiger partial charge in [-0.1, -0.05) is 56.1 Å². The number of carbonyl (C=O) groups excluding carboxylic acids is 4. The molecule has 0 radical (unpaired) electrons. The van der Waals surface area contributed by atoms with Crippen molar-refractivity contribution in [3.05, 3.63) is 36.0 Å². The van der Waals surface area contributed by atoms with Gasteiger partial charge in [-0.2, -0.15) is 0 Å². The summed E-state index contributed by atoms with van der Waals surface area (Å²) in [6, 6.07) is -2.53. The average molecular weight is 532 g/mol. The number of hydrogen-bond donors (Lipinski definition) is 3. The normalized spacial score (nSPS) is 22.0. The minimum absolute atomic E-state index is 0.132. The van der Waals surface area contributed by atoms with E-state index in [1.54, 1.807) is 20.8 Å². The Morgan fingerprint density at radius 1 is 1.08 bits per heavy atom. The summed E-state index contributed by atoms with van der Waals surface area (Å²) in [7, 11) is 0. The monoisotopic (exact) mass is 531 g/mol. The van der Waals surface area contributed by atoms with Crippen molar-refractivity contribution in [2.75, 3.05) is 19.8 Å². The molecule has 212 valence electrons. The number of amides is 3. The summed E-state index contributed by atoms with van der Waals surface area (Å²) in [5.41, 5.74) is 0.797. The molecular formula is C29H45N3O6. The molecule has 0 aromatic rings. The van der Waals surface area contributed by atoms with Crippen molar-refractivity contribution in [2.45, 2.75) is 96.9 Å². The molecule has 38 heavy (non-hydrogen) atoms. The maximum Gasteiger partial charge on any atom is 0.246 e. The number of Topliss-reactive ketones (excluding diaryl/α,β-unsaturated/α-hetero) is 1. The van der Waals surface area contributed by atoms with Crippen molar-refractivity contribution in [1.29, 1.82) is 0 Å². The fourth-order valence-electron chi connectivity index (χ4n) is 4.52. The van der Waals surface area contributed by atoms with Gasteiger partial charge in [0.25, 0.3) is 0 Å². The quantitative estimate of drug-likeness (QED) is 0.208. The van der Waals surface area contributed by atoms with Crippen LogP contribution in [0.15, 0.2) is 36.0 Å². The molecule has 3 N–H and O–H groups in total. The van der Waals surface area contributed by atoms with Crippen LogP contribution in [-0.2, 0) is 28.7 Å². The highest BCUT2D eigenvalue weighted by atomic mass is 16.6. The predicted octanol–water partition coefficient (Wildman–Crippen LogP) is 2.90. The first-order valence-electron chi connectivity index (χ1n) is 13.6. The zero-order valence-corrected chi connectivity index (χ0v) is 23.6. The minimum Gasteiger partial charge on any atom is -0.372 e. The first kappa shape index (κ1) is 31.4. The maximum atomic E-state index is 13.6. The van der Waals surface area contributed by atoms with Crippen LogP contribution in [-0.4, -0.2) is 67.1 Å². The molecule has 0 aromatic carbocycles. The Kier molecular flexibility index (Phi) is 12.4. The average Bonchev–Trinajstić information content (AvgIpc) is 3.41. The lowest BCUT2D eigenvalue weighted by molar-refractivity contribution is -0.134. The molecular weight excluding hydrogens is 486 g/mol. The third-order valence-corrected chi connectivity index (χ3v) is 7.01. The summed E-state index contributed by atoms with van der Waals surface area (Å²) in [6.07, 6.45) is 10.6. The van der Waals surface area contributed by atoms with Crippen molar-refractivity contribution >= 4 is 23.5 Å². The Labute approximate surface area is 226 Å². The number of nitrogens with one attached hydrogen (secondary N) is 3. The van der Waals surface area contributed by atoms with E-state index in [0.29, 0.717) is 25.6 Å². The molecule has 0 bridgehead atoms. The summed E-state index contributed by atoms with van der Waals surface area (Å²) in [6.45, 7) is 13.2. The lowest BCUT2D eigenvalue weighted by Gasteiger charge is -2.26. The predicted molar refractivity (Wildman–Crippen MR) is 146 cm³/mol. The van der Waals surface area contributed by atoms with E-state index in [-0.39, 0.29) is 18.8 Å². The van der Waals surface area contributed by atoms with Gasteiger partial charge in [0.05, 0.1) is 12.6 Å². The van der Waals surface area contributed by atoms with Gasteiger partial charge in [-0.15, -0.1) is 0 Å². The molecule has 4 atom stereocenters. The Bertz CT molecular complexity index is 931. The third kappa shape index (κ3) is 10.2. The molecule has 2 fully saturated rings. The Hall–Kier alpha value is -2.78. The second kappa shape index (κ2) is 15.0. The molecule has 2 aliphatic rings. The van der Waals surface area contributed by atoms with E-state index in [2.05, 4.69) is 22.5 Å². The zero-order valence-electron chi connectivity index (χ0n) is 23.6. The highest BCUT2D eigenvalue weighted by molar-refractivity contribution is 5.98. The molecule has 1 aliphatic heterocycles. The lowest BCUT2D eigenvalue weighted by Crippen LogP contribution is -2.56. The van der Waals surface area contributed by atoms with Crippen molar-refractivity contribution in [3.63, 3.8) is 0 Å². The summed E-state index contributed by atoms with van der Waals surface area (Å²) in [5, 5.41) is 8.30. The molecule has 9 heteroatoms. The van der Waals surface area contributed by atoms with Crippen molar-refractivity contribution < 1.29 is 28.7 Å². The minimum atomic E-state index is -0.957. The molecule has 0 aromatic heterocycles. The van der Waals surface area contributed by atoms with E-state index in [9.17, 15) is 19.2 Å². The summed E-state index contributed by atoms with van der Waals surface area (Å²) >= 11 is 0. The summed E-state index contributed by atoms with van der Waals surface area (Å²) in [5.74, 6) is -1.15. The molecule has 0 spiro atoms. The molecule has 3 amide bonds. The Balaban J connectivity index is 2.19. The van der Waals surface area contributed by atoms with Gasteiger partial charge in [0.15, 0.2) is 5.78 Å². The zero-order chi connectivity index (χ0) is 28.3. The van der Waals surface area contributed by atoms with E-state index < -0.39 is 41.4 Å². The van der Waals surface area contributed by atoms with Crippen LogP contribution >= 0.6 is 0 Å². The number of carbonyl (C=O) groups is 4.